The molecule has 0 radical (unpaired) electrons. The van der Waals surface area contributed by atoms with Crippen LogP contribution in [0.15, 0.2) is 24.3 Å². The maximum absolute atomic E-state index is 8.96. The Hall–Kier alpha value is -1.49. The van der Waals surface area contributed by atoms with E-state index in [-0.39, 0.29) is 5.92 Å². The Morgan fingerprint density at radius 3 is 2.43 bits per heavy atom. The van der Waals surface area contributed by atoms with E-state index in [4.69, 9.17) is 10.00 Å². The molecule has 2 nitrogen and oxygen atoms in total. The molecule has 0 spiro atoms. The molecule has 1 aliphatic rings. The van der Waals surface area contributed by atoms with Crippen molar-refractivity contribution in [3.8, 4) is 11.8 Å². The lowest BCUT2D eigenvalue weighted by atomic mass is 9.79. The van der Waals surface area contributed by atoms with Gasteiger partial charge in [-0.05, 0) is 61.6 Å². The molecule has 0 aliphatic heterocycles. The Balaban J connectivity index is 1.83. The Bertz CT molecular complexity index is 451. The Morgan fingerprint density at radius 2 is 1.86 bits per heavy atom. The highest BCUT2D eigenvalue weighted by Gasteiger charge is 2.21. The minimum absolute atomic E-state index is 0.281. The molecule has 0 N–H and O–H groups in total. The third-order valence-corrected chi connectivity index (χ3v) is 4.58. The summed E-state index contributed by atoms with van der Waals surface area (Å²) in [7, 11) is 0. The van der Waals surface area contributed by atoms with Crippen molar-refractivity contribution in [1.82, 2.24) is 0 Å². The van der Waals surface area contributed by atoms with Crippen LogP contribution < -0.4 is 4.74 Å². The fourth-order valence-corrected chi connectivity index (χ4v) is 3.21. The number of nitriles is 1. The lowest BCUT2D eigenvalue weighted by molar-refractivity contribution is 0.251. The van der Waals surface area contributed by atoms with E-state index in [1.54, 1.807) is 0 Å². The summed E-state index contributed by atoms with van der Waals surface area (Å²) in [6.07, 6.45) is 6.83. The van der Waals surface area contributed by atoms with Gasteiger partial charge in [-0.15, -0.1) is 0 Å². The van der Waals surface area contributed by atoms with Crippen LogP contribution in [0.4, 0.5) is 0 Å². The van der Waals surface area contributed by atoms with Gasteiger partial charge in [-0.2, -0.15) is 5.26 Å². The number of rotatable bonds is 6. The van der Waals surface area contributed by atoms with Crippen LogP contribution in [0.2, 0.25) is 0 Å². The van der Waals surface area contributed by atoms with E-state index in [9.17, 15) is 0 Å². The molecule has 114 valence electrons. The molecule has 1 aromatic rings. The van der Waals surface area contributed by atoms with Gasteiger partial charge in [-0.3, -0.25) is 0 Å². The number of hydrogen-bond donors (Lipinski definition) is 0. The van der Waals surface area contributed by atoms with Gasteiger partial charge in [0, 0.05) is 5.92 Å². The minimum atomic E-state index is 0.281. The van der Waals surface area contributed by atoms with Crippen LogP contribution in [0.3, 0.4) is 0 Å². The van der Waals surface area contributed by atoms with E-state index >= 15 is 0 Å². The lowest BCUT2D eigenvalue weighted by Gasteiger charge is -2.25. The van der Waals surface area contributed by atoms with Crippen molar-refractivity contribution in [2.24, 2.45) is 11.8 Å². The molecular weight excluding hydrogens is 258 g/mol. The molecule has 1 aliphatic carbocycles. The van der Waals surface area contributed by atoms with Crippen LogP contribution in [0, 0.1) is 23.2 Å². The van der Waals surface area contributed by atoms with E-state index in [1.165, 1.54) is 18.4 Å². The summed E-state index contributed by atoms with van der Waals surface area (Å²) >= 11 is 0. The normalized spacial score (nSPS) is 23.3. The lowest BCUT2D eigenvalue weighted by Crippen LogP contribution is -2.12. The fourth-order valence-electron chi connectivity index (χ4n) is 3.21. The molecule has 2 heteroatoms. The first-order chi connectivity index (χ1) is 10.2. The van der Waals surface area contributed by atoms with Crippen LogP contribution in [0.5, 0.6) is 5.75 Å². The molecule has 0 heterocycles. The zero-order chi connectivity index (χ0) is 15.1. The van der Waals surface area contributed by atoms with Crippen LogP contribution in [-0.2, 0) is 0 Å². The molecule has 1 unspecified atom stereocenters. The third-order valence-electron chi connectivity index (χ3n) is 4.58. The average Bonchev–Trinajstić information content (AvgIpc) is 2.54. The molecule has 1 aromatic carbocycles. The van der Waals surface area contributed by atoms with Gasteiger partial charge in [-0.25, -0.2) is 0 Å². The molecular formula is C19H27NO. The fraction of sp³-hybridized carbons (Fsp3) is 0.632. The van der Waals surface area contributed by atoms with E-state index in [0.29, 0.717) is 11.8 Å². The first kappa shape index (κ1) is 15.9. The van der Waals surface area contributed by atoms with Gasteiger partial charge in [0.2, 0.25) is 0 Å². The van der Waals surface area contributed by atoms with Crippen molar-refractivity contribution >= 4 is 0 Å². The molecule has 0 saturated heterocycles. The van der Waals surface area contributed by atoms with Crippen molar-refractivity contribution in [2.75, 3.05) is 6.61 Å². The van der Waals surface area contributed by atoms with Crippen molar-refractivity contribution in [2.45, 2.75) is 58.3 Å². The van der Waals surface area contributed by atoms with E-state index in [0.717, 1.165) is 38.0 Å². The summed E-state index contributed by atoms with van der Waals surface area (Å²) in [5.41, 5.74) is 1.40. The van der Waals surface area contributed by atoms with Crippen LogP contribution in [-0.4, -0.2) is 6.61 Å². The van der Waals surface area contributed by atoms with E-state index < -0.39 is 0 Å². The Labute approximate surface area is 129 Å². The van der Waals surface area contributed by atoms with Crippen LogP contribution in [0.25, 0.3) is 0 Å². The van der Waals surface area contributed by atoms with Gasteiger partial charge in [0.05, 0.1) is 12.7 Å². The maximum atomic E-state index is 8.96. The van der Waals surface area contributed by atoms with Gasteiger partial charge in [0.1, 0.15) is 5.75 Å². The van der Waals surface area contributed by atoms with Crippen molar-refractivity contribution in [3.63, 3.8) is 0 Å². The maximum Gasteiger partial charge on any atom is 0.119 e. The molecule has 1 fully saturated rings. The monoisotopic (exact) mass is 285 g/mol. The predicted octanol–water partition coefficient (Wildman–Crippen LogP) is 5.30. The highest BCUT2D eigenvalue weighted by Crippen LogP contribution is 2.35. The van der Waals surface area contributed by atoms with E-state index in [1.807, 2.05) is 0 Å². The first-order valence-corrected chi connectivity index (χ1v) is 8.35. The highest BCUT2D eigenvalue weighted by atomic mass is 16.5. The third kappa shape index (κ3) is 4.77. The minimum Gasteiger partial charge on any atom is -0.493 e. The number of hydrogen-bond acceptors (Lipinski definition) is 2. The molecule has 1 saturated carbocycles. The first-order valence-electron chi connectivity index (χ1n) is 8.35. The van der Waals surface area contributed by atoms with Gasteiger partial charge in [0.25, 0.3) is 0 Å². The van der Waals surface area contributed by atoms with Gasteiger partial charge in [-0.1, -0.05) is 32.4 Å². The SMILES string of the molecule is CCCC(C)COc1ccc(C2CCC(C#N)CC2)cc1. The zero-order valence-electron chi connectivity index (χ0n) is 13.3. The Morgan fingerprint density at radius 1 is 1.19 bits per heavy atom. The van der Waals surface area contributed by atoms with Gasteiger partial charge >= 0.3 is 0 Å². The topological polar surface area (TPSA) is 33.0 Å². The summed E-state index contributed by atoms with van der Waals surface area (Å²) in [4.78, 5) is 0. The molecule has 1 atom stereocenters. The number of benzene rings is 1. The largest absolute Gasteiger partial charge is 0.493 e. The van der Waals surface area contributed by atoms with Gasteiger partial charge in [0.15, 0.2) is 0 Å². The summed E-state index contributed by atoms with van der Waals surface area (Å²) in [6.45, 7) is 5.26. The quantitative estimate of drug-likeness (QED) is 0.710. The molecule has 21 heavy (non-hydrogen) atoms. The second-order valence-electron chi connectivity index (χ2n) is 6.45. The predicted molar refractivity (Wildman–Crippen MR) is 86.3 cm³/mol. The summed E-state index contributed by atoms with van der Waals surface area (Å²) < 4.78 is 5.85. The number of ether oxygens (including phenoxy) is 1. The number of nitrogens with zero attached hydrogens (tertiary/aromatic N) is 1. The van der Waals surface area contributed by atoms with E-state index in [2.05, 4.69) is 44.2 Å². The van der Waals surface area contributed by atoms with Crippen molar-refractivity contribution < 1.29 is 4.74 Å². The average molecular weight is 285 g/mol. The van der Waals surface area contributed by atoms with Crippen LogP contribution >= 0.6 is 0 Å². The van der Waals surface area contributed by atoms with Gasteiger partial charge < -0.3 is 4.74 Å². The second kappa shape index (κ2) is 8.08. The highest BCUT2D eigenvalue weighted by molar-refractivity contribution is 5.29. The zero-order valence-corrected chi connectivity index (χ0v) is 13.3. The summed E-state index contributed by atoms with van der Waals surface area (Å²) in [5, 5.41) is 8.96. The standard InChI is InChI=1S/C19H27NO/c1-3-4-15(2)14-21-19-11-9-18(10-12-19)17-7-5-16(13-20)6-8-17/h9-12,15-17H,3-8,14H2,1-2H3. The second-order valence-corrected chi connectivity index (χ2v) is 6.45. The van der Waals surface area contributed by atoms with Crippen molar-refractivity contribution in [1.29, 1.82) is 5.26 Å². The smallest absolute Gasteiger partial charge is 0.119 e. The molecule has 0 bridgehead atoms. The van der Waals surface area contributed by atoms with Crippen LogP contribution in [0.1, 0.15) is 63.9 Å². The summed E-state index contributed by atoms with van der Waals surface area (Å²) in [5.74, 6) is 2.51. The Kier molecular flexibility index (Phi) is 6.11. The molecule has 0 amide bonds. The van der Waals surface area contributed by atoms with Crippen molar-refractivity contribution in [3.05, 3.63) is 29.8 Å². The molecule has 0 aromatic heterocycles. The molecule has 2 rings (SSSR count). The summed E-state index contributed by atoms with van der Waals surface area (Å²) in [6, 6.07) is 11.0.